The van der Waals surface area contributed by atoms with Crippen molar-refractivity contribution in [3.8, 4) is 0 Å². The van der Waals surface area contributed by atoms with Crippen LogP contribution in [0.4, 0.5) is 11.6 Å². The van der Waals surface area contributed by atoms with Crippen molar-refractivity contribution < 1.29 is 14.5 Å². The summed E-state index contributed by atoms with van der Waals surface area (Å²) in [4.78, 5) is 30.8. The normalized spacial score (nSPS) is 16.2. The molecule has 0 unspecified atom stereocenters. The molecule has 8 heteroatoms. The Hall–Kier alpha value is -2.12. The van der Waals surface area contributed by atoms with Gasteiger partial charge in [0.1, 0.15) is 0 Å². The number of ether oxygens (including phenoxy) is 1. The van der Waals surface area contributed by atoms with Crippen molar-refractivity contribution in [2.75, 3.05) is 24.6 Å². The summed E-state index contributed by atoms with van der Waals surface area (Å²) in [7, 11) is 0. The monoisotopic (exact) mass is 282 g/mol. The smallest absolute Gasteiger partial charge is 0.365 e. The van der Waals surface area contributed by atoms with Gasteiger partial charge < -0.3 is 19.8 Å². The Morgan fingerprint density at radius 2 is 2.20 bits per heavy atom. The zero-order valence-electron chi connectivity index (χ0n) is 11.6. The molecule has 1 saturated heterocycles. The Morgan fingerprint density at radius 1 is 1.55 bits per heavy atom. The molecule has 2 rings (SSSR count). The number of rotatable bonds is 4. The number of hydrogen-bond acceptors (Lipinski definition) is 6. The zero-order chi connectivity index (χ0) is 14.7. The van der Waals surface area contributed by atoms with E-state index in [-0.39, 0.29) is 17.7 Å². The Bertz CT molecular complexity index is 506. The van der Waals surface area contributed by atoms with Crippen molar-refractivity contribution in [3.05, 3.63) is 15.9 Å². The van der Waals surface area contributed by atoms with Gasteiger partial charge in [-0.2, -0.15) is 4.98 Å². The molecule has 2 heterocycles. The van der Waals surface area contributed by atoms with Crippen molar-refractivity contribution >= 4 is 17.6 Å². The van der Waals surface area contributed by atoms with E-state index in [2.05, 4.69) is 9.97 Å². The molecule has 20 heavy (non-hydrogen) atoms. The summed E-state index contributed by atoms with van der Waals surface area (Å²) in [6.07, 6.45) is 1.25. The van der Waals surface area contributed by atoms with Crippen LogP contribution in [-0.2, 0) is 9.53 Å². The third kappa shape index (κ3) is 2.89. The van der Waals surface area contributed by atoms with Gasteiger partial charge in [0.05, 0.1) is 12.5 Å². The fourth-order valence-electron chi connectivity index (χ4n) is 2.40. The number of esters is 1. The number of H-pyrrole nitrogens is 1. The molecule has 1 aromatic rings. The minimum atomic E-state index is -0.466. The van der Waals surface area contributed by atoms with Gasteiger partial charge in [0.2, 0.25) is 5.82 Å². The van der Waals surface area contributed by atoms with Gasteiger partial charge in [-0.1, -0.05) is 0 Å². The number of aromatic nitrogens is 2. The summed E-state index contributed by atoms with van der Waals surface area (Å²) >= 11 is 0. The second kappa shape index (κ2) is 5.89. The van der Waals surface area contributed by atoms with E-state index in [1.807, 2.05) is 4.90 Å². The number of aromatic amines is 1. The number of carbonyl (C=O) groups excluding carboxylic acids is 1. The summed E-state index contributed by atoms with van der Waals surface area (Å²) in [5.41, 5.74) is 0. The first-order chi connectivity index (χ1) is 9.52. The Labute approximate surface area is 116 Å². The van der Waals surface area contributed by atoms with Crippen LogP contribution in [0.2, 0.25) is 0 Å². The van der Waals surface area contributed by atoms with E-state index in [0.29, 0.717) is 44.2 Å². The van der Waals surface area contributed by atoms with E-state index in [0.717, 1.165) is 0 Å². The minimum absolute atomic E-state index is 0.0860. The SMILES string of the molecule is CCOC(=O)C1CCN(c2nc(C)[nH]c2[N+](=O)[O-])CC1. The van der Waals surface area contributed by atoms with Crippen molar-refractivity contribution in [3.63, 3.8) is 0 Å². The third-order valence-electron chi connectivity index (χ3n) is 3.38. The third-order valence-corrected chi connectivity index (χ3v) is 3.38. The Balaban J connectivity index is 2.04. The molecule has 1 N–H and O–H groups in total. The Kier molecular flexibility index (Phi) is 4.21. The van der Waals surface area contributed by atoms with Crippen LogP contribution in [-0.4, -0.2) is 40.6 Å². The molecule has 0 spiro atoms. The first-order valence-corrected chi connectivity index (χ1v) is 6.65. The van der Waals surface area contributed by atoms with Crippen LogP contribution in [0.15, 0.2) is 0 Å². The van der Waals surface area contributed by atoms with E-state index >= 15 is 0 Å². The maximum Gasteiger partial charge on any atom is 0.365 e. The van der Waals surface area contributed by atoms with Crippen LogP contribution in [0.25, 0.3) is 0 Å². The highest BCUT2D eigenvalue weighted by atomic mass is 16.6. The van der Waals surface area contributed by atoms with Crippen LogP contribution in [0.1, 0.15) is 25.6 Å². The van der Waals surface area contributed by atoms with Crippen LogP contribution >= 0.6 is 0 Å². The number of nitrogens with zero attached hydrogens (tertiary/aromatic N) is 3. The van der Waals surface area contributed by atoms with Crippen LogP contribution in [0, 0.1) is 23.0 Å². The van der Waals surface area contributed by atoms with Gasteiger partial charge in [-0.15, -0.1) is 0 Å². The summed E-state index contributed by atoms with van der Waals surface area (Å²) in [6, 6.07) is 0. The lowest BCUT2D eigenvalue weighted by Gasteiger charge is -2.30. The number of anilines is 1. The highest BCUT2D eigenvalue weighted by molar-refractivity contribution is 5.73. The van der Waals surface area contributed by atoms with Gasteiger partial charge in [0, 0.05) is 20.0 Å². The fraction of sp³-hybridized carbons (Fsp3) is 0.667. The topological polar surface area (TPSA) is 101 Å². The maximum absolute atomic E-state index is 11.6. The van der Waals surface area contributed by atoms with Gasteiger partial charge in [-0.3, -0.25) is 4.79 Å². The molecular weight excluding hydrogens is 264 g/mol. The number of nitrogens with one attached hydrogen (secondary N) is 1. The van der Waals surface area contributed by atoms with Gasteiger partial charge in [-0.05, 0) is 24.7 Å². The summed E-state index contributed by atoms with van der Waals surface area (Å²) < 4.78 is 5.00. The predicted octanol–water partition coefficient (Wildman–Crippen LogP) is 1.41. The number of aryl methyl sites for hydroxylation is 1. The average Bonchev–Trinajstić information content (AvgIpc) is 2.81. The molecule has 0 radical (unpaired) electrons. The number of piperidine rings is 1. The molecule has 0 amide bonds. The van der Waals surface area contributed by atoms with E-state index in [4.69, 9.17) is 4.74 Å². The second-order valence-electron chi connectivity index (χ2n) is 4.76. The highest BCUT2D eigenvalue weighted by Crippen LogP contribution is 2.29. The largest absolute Gasteiger partial charge is 0.466 e. The van der Waals surface area contributed by atoms with Gasteiger partial charge in [0.15, 0.2) is 5.82 Å². The molecule has 0 saturated carbocycles. The number of nitro groups is 1. The molecular formula is C12H18N4O4. The van der Waals surface area contributed by atoms with Crippen LogP contribution in [0.3, 0.4) is 0 Å². The number of carbonyl (C=O) groups is 1. The first kappa shape index (κ1) is 14.3. The van der Waals surface area contributed by atoms with Crippen LogP contribution < -0.4 is 4.90 Å². The molecule has 1 fully saturated rings. The molecule has 0 aromatic carbocycles. The molecule has 1 aliphatic rings. The van der Waals surface area contributed by atoms with E-state index in [1.54, 1.807) is 13.8 Å². The predicted molar refractivity (Wildman–Crippen MR) is 71.5 cm³/mol. The fourth-order valence-corrected chi connectivity index (χ4v) is 2.40. The summed E-state index contributed by atoms with van der Waals surface area (Å²) in [6.45, 7) is 4.97. The van der Waals surface area contributed by atoms with E-state index in [1.165, 1.54) is 0 Å². The van der Waals surface area contributed by atoms with Gasteiger partial charge >= 0.3 is 11.8 Å². The number of imidazole rings is 1. The lowest BCUT2D eigenvalue weighted by atomic mass is 9.97. The Morgan fingerprint density at radius 3 is 2.75 bits per heavy atom. The standard InChI is InChI=1S/C12H18N4O4/c1-3-20-12(17)9-4-6-15(7-5-9)10-11(16(18)19)14-8(2)13-10/h9H,3-7H2,1-2H3,(H,13,14). The van der Waals surface area contributed by atoms with E-state index in [9.17, 15) is 14.9 Å². The molecule has 1 aliphatic heterocycles. The molecule has 110 valence electrons. The van der Waals surface area contributed by atoms with Gasteiger partial charge in [-0.25, -0.2) is 4.98 Å². The molecule has 0 aliphatic carbocycles. The molecule has 0 atom stereocenters. The quantitative estimate of drug-likeness (QED) is 0.509. The minimum Gasteiger partial charge on any atom is -0.466 e. The van der Waals surface area contributed by atoms with Crippen molar-refractivity contribution in [1.82, 2.24) is 9.97 Å². The first-order valence-electron chi connectivity index (χ1n) is 6.65. The van der Waals surface area contributed by atoms with Crippen LogP contribution in [0.5, 0.6) is 0 Å². The second-order valence-corrected chi connectivity index (χ2v) is 4.76. The highest BCUT2D eigenvalue weighted by Gasteiger charge is 2.30. The lowest BCUT2D eigenvalue weighted by Crippen LogP contribution is -2.37. The molecule has 8 nitrogen and oxygen atoms in total. The maximum atomic E-state index is 11.6. The summed E-state index contributed by atoms with van der Waals surface area (Å²) in [5, 5.41) is 11.0. The molecule has 1 aromatic heterocycles. The average molecular weight is 282 g/mol. The molecule has 0 bridgehead atoms. The van der Waals surface area contributed by atoms with Crippen molar-refractivity contribution in [2.45, 2.75) is 26.7 Å². The van der Waals surface area contributed by atoms with Gasteiger partial charge in [0.25, 0.3) is 0 Å². The zero-order valence-corrected chi connectivity index (χ0v) is 11.6. The lowest BCUT2D eigenvalue weighted by molar-refractivity contribution is -0.388. The summed E-state index contributed by atoms with van der Waals surface area (Å²) in [5.74, 6) is 0.483. The number of hydrogen-bond donors (Lipinski definition) is 1. The van der Waals surface area contributed by atoms with E-state index < -0.39 is 4.92 Å². The van der Waals surface area contributed by atoms with Crippen molar-refractivity contribution in [1.29, 1.82) is 0 Å². The van der Waals surface area contributed by atoms with Crippen molar-refractivity contribution in [2.24, 2.45) is 5.92 Å².